The maximum atomic E-state index is 10.2. The van der Waals surface area contributed by atoms with Crippen molar-refractivity contribution >= 4 is 0 Å². The van der Waals surface area contributed by atoms with Crippen LogP contribution in [0.2, 0.25) is 0 Å². The third kappa shape index (κ3) is 4.37. The molecule has 0 bridgehead atoms. The SMILES string of the molecule is CC.CC(C)(O)C/C=C/C[C@H]1CC[C@H]2C3=CC=C4C[C@@H](O)CC[C@]4(C)[C@H]3CC[C@]12C. The van der Waals surface area contributed by atoms with Gasteiger partial charge in [0.15, 0.2) is 0 Å². The highest BCUT2D eigenvalue weighted by Crippen LogP contribution is 2.65. The van der Waals surface area contributed by atoms with Crippen molar-refractivity contribution in [2.45, 2.75) is 111 Å². The smallest absolute Gasteiger partial charge is 0.0626 e. The lowest BCUT2D eigenvalue weighted by Gasteiger charge is -2.54. The van der Waals surface area contributed by atoms with E-state index >= 15 is 0 Å². The number of rotatable bonds is 4. The van der Waals surface area contributed by atoms with Crippen molar-refractivity contribution in [2.24, 2.45) is 28.6 Å². The van der Waals surface area contributed by atoms with Crippen molar-refractivity contribution in [3.8, 4) is 0 Å². The quantitative estimate of drug-likeness (QED) is 0.487. The lowest BCUT2D eigenvalue weighted by atomic mass is 9.50. The fraction of sp³-hybridized carbons (Fsp3) is 0.786. The number of allylic oxidation sites excluding steroid dienone is 4. The van der Waals surface area contributed by atoms with Gasteiger partial charge in [-0.05, 0) is 100 Å². The fourth-order valence-electron chi connectivity index (χ4n) is 7.11. The molecule has 170 valence electrons. The van der Waals surface area contributed by atoms with E-state index in [2.05, 4.69) is 38.2 Å². The molecule has 0 saturated heterocycles. The van der Waals surface area contributed by atoms with Crippen molar-refractivity contribution < 1.29 is 10.2 Å². The highest BCUT2D eigenvalue weighted by Gasteiger charge is 2.55. The Morgan fingerprint density at radius 1 is 1.00 bits per heavy atom. The van der Waals surface area contributed by atoms with Crippen LogP contribution in [0.15, 0.2) is 35.5 Å². The second-order valence-electron chi connectivity index (χ2n) is 11.3. The third-order valence-electron chi connectivity index (χ3n) is 8.95. The van der Waals surface area contributed by atoms with E-state index in [1.807, 2.05) is 27.7 Å². The molecule has 0 aromatic rings. The van der Waals surface area contributed by atoms with Crippen LogP contribution in [-0.2, 0) is 0 Å². The highest BCUT2D eigenvalue weighted by molar-refractivity contribution is 5.38. The van der Waals surface area contributed by atoms with Crippen molar-refractivity contribution in [1.29, 1.82) is 0 Å². The van der Waals surface area contributed by atoms with Crippen LogP contribution >= 0.6 is 0 Å². The maximum Gasteiger partial charge on any atom is 0.0626 e. The summed E-state index contributed by atoms with van der Waals surface area (Å²) in [6, 6.07) is 0. The van der Waals surface area contributed by atoms with Gasteiger partial charge in [0.2, 0.25) is 0 Å². The normalized spacial score (nSPS) is 40.5. The molecule has 0 heterocycles. The Morgan fingerprint density at radius 2 is 1.73 bits per heavy atom. The molecule has 0 aliphatic heterocycles. The topological polar surface area (TPSA) is 40.5 Å². The monoisotopic (exact) mass is 414 g/mol. The minimum absolute atomic E-state index is 0.130. The summed E-state index contributed by atoms with van der Waals surface area (Å²) >= 11 is 0. The lowest BCUT2D eigenvalue weighted by molar-refractivity contribution is 0.0452. The minimum Gasteiger partial charge on any atom is -0.393 e. The van der Waals surface area contributed by atoms with E-state index in [1.54, 1.807) is 5.57 Å². The Morgan fingerprint density at radius 3 is 2.43 bits per heavy atom. The summed E-state index contributed by atoms with van der Waals surface area (Å²) < 4.78 is 0. The number of hydrogen-bond acceptors (Lipinski definition) is 2. The van der Waals surface area contributed by atoms with Gasteiger partial charge in [0.25, 0.3) is 0 Å². The Balaban J connectivity index is 0.00000124. The first kappa shape index (κ1) is 23.8. The van der Waals surface area contributed by atoms with E-state index in [4.69, 9.17) is 0 Å². The molecule has 6 atom stereocenters. The van der Waals surface area contributed by atoms with Gasteiger partial charge in [-0.1, -0.05) is 63.1 Å². The van der Waals surface area contributed by atoms with Gasteiger partial charge < -0.3 is 10.2 Å². The molecule has 2 N–H and O–H groups in total. The third-order valence-corrected chi connectivity index (χ3v) is 8.95. The van der Waals surface area contributed by atoms with Gasteiger partial charge in [0.05, 0.1) is 11.7 Å². The molecule has 0 unspecified atom stereocenters. The Bertz CT molecular complexity index is 694. The average molecular weight is 415 g/mol. The van der Waals surface area contributed by atoms with Gasteiger partial charge in [0.1, 0.15) is 0 Å². The molecule has 0 radical (unpaired) electrons. The first-order valence-electron chi connectivity index (χ1n) is 12.6. The molecule has 0 aromatic heterocycles. The van der Waals surface area contributed by atoms with Crippen LogP contribution in [0.1, 0.15) is 99.3 Å². The van der Waals surface area contributed by atoms with Crippen molar-refractivity contribution in [3.05, 3.63) is 35.5 Å². The lowest BCUT2D eigenvalue weighted by Crippen LogP contribution is -2.45. The molecular weight excluding hydrogens is 368 g/mol. The minimum atomic E-state index is -0.601. The average Bonchev–Trinajstić information content (AvgIpc) is 3.03. The van der Waals surface area contributed by atoms with Crippen LogP contribution in [0.3, 0.4) is 0 Å². The molecule has 4 aliphatic carbocycles. The summed E-state index contributed by atoms with van der Waals surface area (Å²) in [5.74, 6) is 2.20. The van der Waals surface area contributed by atoms with E-state index in [0.717, 1.165) is 43.9 Å². The largest absolute Gasteiger partial charge is 0.393 e. The molecule has 2 heteroatoms. The van der Waals surface area contributed by atoms with Crippen LogP contribution in [0.4, 0.5) is 0 Å². The molecule has 3 fully saturated rings. The van der Waals surface area contributed by atoms with Crippen LogP contribution in [0, 0.1) is 28.6 Å². The van der Waals surface area contributed by atoms with Crippen molar-refractivity contribution in [1.82, 2.24) is 0 Å². The molecule has 4 rings (SSSR count). The van der Waals surface area contributed by atoms with Gasteiger partial charge in [-0.3, -0.25) is 0 Å². The van der Waals surface area contributed by atoms with Crippen LogP contribution in [0.25, 0.3) is 0 Å². The summed E-state index contributed by atoms with van der Waals surface area (Å²) in [7, 11) is 0. The molecule has 2 nitrogen and oxygen atoms in total. The Kier molecular flexibility index (Phi) is 7.09. The molecule has 3 saturated carbocycles. The van der Waals surface area contributed by atoms with Crippen molar-refractivity contribution in [2.75, 3.05) is 0 Å². The number of fused-ring (bicyclic) bond motifs is 5. The van der Waals surface area contributed by atoms with E-state index in [1.165, 1.54) is 31.3 Å². The first-order chi connectivity index (χ1) is 14.1. The van der Waals surface area contributed by atoms with Crippen LogP contribution in [0.5, 0.6) is 0 Å². The van der Waals surface area contributed by atoms with Gasteiger partial charge in [0, 0.05) is 0 Å². The number of aliphatic hydroxyl groups excluding tert-OH is 1. The van der Waals surface area contributed by atoms with Crippen LogP contribution in [-0.4, -0.2) is 21.9 Å². The molecule has 0 aromatic carbocycles. The zero-order chi connectivity index (χ0) is 22.2. The maximum absolute atomic E-state index is 10.2. The van der Waals surface area contributed by atoms with E-state index in [-0.39, 0.29) is 11.5 Å². The zero-order valence-electron chi connectivity index (χ0n) is 20.4. The van der Waals surface area contributed by atoms with E-state index in [0.29, 0.717) is 11.3 Å². The summed E-state index contributed by atoms with van der Waals surface area (Å²) in [4.78, 5) is 0. The fourth-order valence-corrected chi connectivity index (χ4v) is 7.11. The van der Waals surface area contributed by atoms with Gasteiger partial charge in [-0.25, -0.2) is 0 Å². The van der Waals surface area contributed by atoms with E-state index < -0.39 is 5.60 Å². The molecule has 4 aliphatic rings. The molecular formula is C28H46O2. The number of hydrogen-bond donors (Lipinski definition) is 2. The summed E-state index contributed by atoms with van der Waals surface area (Å²) in [6.45, 7) is 12.8. The van der Waals surface area contributed by atoms with Crippen molar-refractivity contribution in [3.63, 3.8) is 0 Å². The van der Waals surface area contributed by atoms with Gasteiger partial charge >= 0.3 is 0 Å². The highest BCUT2D eigenvalue weighted by atomic mass is 16.3. The predicted molar refractivity (Wildman–Crippen MR) is 127 cm³/mol. The second kappa shape index (κ2) is 8.94. The zero-order valence-corrected chi connectivity index (χ0v) is 20.4. The van der Waals surface area contributed by atoms with Gasteiger partial charge in [-0.15, -0.1) is 0 Å². The Hall–Kier alpha value is -0.860. The summed E-state index contributed by atoms with van der Waals surface area (Å²) in [6.07, 6.45) is 19.5. The predicted octanol–water partition coefficient (Wildman–Crippen LogP) is 6.98. The molecule has 30 heavy (non-hydrogen) atoms. The van der Waals surface area contributed by atoms with Crippen LogP contribution < -0.4 is 0 Å². The van der Waals surface area contributed by atoms with Gasteiger partial charge in [-0.2, -0.15) is 0 Å². The molecule has 0 spiro atoms. The van der Waals surface area contributed by atoms with E-state index in [9.17, 15) is 10.2 Å². The molecule has 0 amide bonds. The number of aliphatic hydroxyl groups is 2. The second-order valence-corrected chi connectivity index (χ2v) is 11.3. The standard InChI is InChI=1S/C26H40O2.C2H6/c1-24(2,28)14-6-5-7-18-9-11-22-21-10-8-19-17-20(27)12-15-26(19,4)23(21)13-16-25(18,22)3;1-2/h5-6,8,10,18,20,22-23,27-28H,7,9,11-17H2,1-4H3;1-2H3/b6-5+;/t18-,20-,22-,23-,25+,26-;/m0./s1. The Labute approximate surface area is 185 Å². The summed E-state index contributed by atoms with van der Waals surface area (Å²) in [5.41, 5.74) is 3.36. The first-order valence-corrected chi connectivity index (χ1v) is 12.6. The summed E-state index contributed by atoms with van der Waals surface area (Å²) in [5, 5.41) is 20.1.